The van der Waals surface area contributed by atoms with Gasteiger partial charge in [-0.05, 0) is 13.8 Å². The molecule has 0 aromatic carbocycles. The third-order valence-electron chi connectivity index (χ3n) is 2.96. The van der Waals surface area contributed by atoms with Crippen molar-refractivity contribution in [3.05, 3.63) is 0 Å². The lowest BCUT2D eigenvalue weighted by atomic mass is 9.90. The van der Waals surface area contributed by atoms with Crippen molar-refractivity contribution in [2.45, 2.75) is 43.7 Å². The van der Waals surface area contributed by atoms with E-state index in [2.05, 4.69) is 0 Å². The molecule has 0 aliphatic carbocycles. The van der Waals surface area contributed by atoms with Gasteiger partial charge in [-0.3, -0.25) is 0 Å². The van der Waals surface area contributed by atoms with Crippen molar-refractivity contribution >= 4 is 0 Å². The summed E-state index contributed by atoms with van der Waals surface area (Å²) in [5, 5.41) is 19.7. The quantitative estimate of drug-likeness (QED) is 0.653. The summed E-state index contributed by atoms with van der Waals surface area (Å²) < 4.78 is 21.5. The van der Waals surface area contributed by atoms with E-state index >= 15 is 0 Å². The summed E-state index contributed by atoms with van der Waals surface area (Å²) in [6.07, 6.45) is -1.94. The Morgan fingerprint density at radius 3 is 2.62 bits per heavy atom. The van der Waals surface area contributed by atoms with E-state index in [1.807, 2.05) is 0 Å². The Morgan fingerprint density at radius 1 is 1.38 bits per heavy atom. The fourth-order valence-corrected chi connectivity index (χ4v) is 2.28. The second kappa shape index (κ2) is 3.90. The molecule has 0 bridgehead atoms. The van der Waals surface area contributed by atoms with Gasteiger partial charge in [-0.2, -0.15) is 0 Å². The molecule has 0 aromatic heterocycles. The lowest BCUT2D eigenvalue weighted by molar-refractivity contribution is -0.301. The van der Waals surface area contributed by atoms with Gasteiger partial charge in [-0.1, -0.05) is 0 Å². The molecule has 2 N–H and O–H groups in total. The summed E-state index contributed by atoms with van der Waals surface area (Å²) in [5.74, 6) is -0.787. The Kier molecular flexibility index (Phi) is 2.98. The van der Waals surface area contributed by atoms with Crippen LogP contribution in [-0.2, 0) is 18.9 Å². The lowest BCUT2D eigenvalue weighted by Crippen LogP contribution is -2.64. The molecule has 2 aliphatic heterocycles. The van der Waals surface area contributed by atoms with Crippen molar-refractivity contribution in [2.24, 2.45) is 0 Å². The van der Waals surface area contributed by atoms with Crippen LogP contribution in [0.3, 0.4) is 0 Å². The van der Waals surface area contributed by atoms with Crippen LogP contribution in [0.25, 0.3) is 0 Å². The van der Waals surface area contributed by atoms with Gasteiger partial charge in [0.25, 0.3) is 0 Å². The standard InChI is InChI=1S/C10H18O6/c1-9(2)15-6-4-14-8(13-3)10(12,5-11)7(6)16-9/h6-8,11-12H,4-5H2,1-3H3/t6-,7-,8-,10-/m1/s1. The highest BCUT2D eigenvalue weighted by Crippen LogP contribution is 2.39. The van der Waals surface area contributed by atoms with Gasteiger partial charge in [0.05, 0.1) is 13.2 Å². The Morgan fingerprint density at radius 2 is 2.06 bits per heavy atom. The molecule has 0 radical (unpaired) electrons. The van der Waals surface area contributed by atoms with Crippen LogP contribution in [0.4, 0.5) is 0 Å². The zero-order valence-electron chi connectivity index (χ0n) is 9.67. The number of aliphatic hydroxyl groups excluding tert-OH is 1. The number of hydrogen-bond acceptors (Lipinski definition) is 6. The van der Waals surface area contributed by atoms with Crippen molar-refractivity contribution in [1.29, 1.82) is 0 Å². The molecule has 2 saturated heterocycles. The Bertz CT molecular complexity index is 268. The van der Waals surface area contributed by atoms with E-state index in [-0.39, 0.29) is 6.61 Å². The summed E-state index contributed by atoms with van der Waals surface area (Å²) in [6.45, 7) is 3.27. The molecule has 0 unspecified atom stereocenters. The molecule has 0 amide bonds. The van der Waals surface area contributed by atoms with Crippen LogP contribution < -0.4 is 0 Å². The minimum Gasteiger partial charge on any atom is -0.393 e. The first-order valence-corrected chi connectivity index (χ1v) is 5.26. The van der Waals surface area contributed by atoms with Crippen LogP contribution in [0.1, 0.15) is 13.8 Å². The van der Waals surface area contributed by atoms with Gasteiger partial charge in [-0.15, -0.1) is 0 Å². The van der Waals surface area contributed by atoms with E-state index in [9.17, 15) is 10.2 Å². The molecule has 0 spiro atoms. The molecule has 2 fully saturated rings. The first-order chi connectivity index (χ1) is 7.43. The molecule has 2 heterocycles. The third kappa shape index (κ3) is 1.75. The van der Waals surface area contributed by atoms with Crippen LogP contribution in [0.15, 0.2) is 0 Å². The second-order valence-corrected chi connectivity index (χ2v) is 4.64. The molecule has 94 valence electrons. The molecule has 6 nitrogen and oxygen atoms in total. The fraction of sp³-hybridized carbons (Fsp3) is 1.00. The summed E-state index contributed by atoms with van der Waals surface area (Å²) in [5.41, 5.74) is -1.59. The lowest BCUT2D eigenvalue weighted by Gasteiger charge is -2.42. The summed E-state index contributed by atoms with van der Waals surface area (Å²) in [4.78, 5) is 0. The van der Waals surface area contributed by atoms with Crippen LogP contribution >= 0.6 is 0 Å². The minimum atomic E-state index is -1.59. The topological polar surface area (TPSA) is 77.4 Å². The van der Waals surface area contributed by atoms with Crippen molar-refractivity contribution in [2.75, 3.05) is 20.3 Å². The van der Waals surface area contributed by atoms with E-state index in [0.29, 0.717) is 0 Å². The van der Waals surface area contributed by atoms with E-state index in [1.165, 1.54) is 7.11 Å². The maximum Gasteiger partial charge on any atom is 0.191 e. The number of rotatable bonds is 2. The normalized spacial score (nSPS) is 46.7. The monoisotopic (exact) mass is 234 g/mol. The molecule has 0 aromatic rings. The predicted molar refractivity (Wildman–Crippen MR) is 52.6 cm³/mol. The van der Waals surface area contributed by atoms with Gasteiger partial charge in [0, 0.05) is 7.11 Å². The van der Waals surface area contributed by atoms with Crippen molar-refractivity contribution in [1.82, 2.24) is 0 Å². The van der Waals surface area contributed by atoms with Gasteiger partial charge in [0.1, 0.15) is 12.2 Å². The maximum atomic E-state index is 10.3. The number of hydrogen-bond donors (Lipinski definition) is 2. The summed E-state index contributed by atoms with van der Waals surface area (Å²) >= 11 is 0. The van der Waals surface area contributed by atoms with Gasteiger partial charge in [-0.25, -0.2) is 0 Å². The van der Waals surface area contributed by atoms with Crippen molar-refractivity contribution < 1.29 is 29.2 Å². The van der Waals surface area contributed by atoms with Crippen molar-refractivity contribution in [3.63, 3.8) is 0 Å². The van der Waals surface area contributed by atoms with Crippen LogP contribution in [0.5, 0.6) is 0 Å². The highest BCUT2D eigenvalue weighted by molar-refractivity contribution is 5.02. The summed E-state index contributed by atoms with van der Waals surface area (Å²) in [6, 6.07) is 0. The van der Waals surface area contributed by atoms with Crippen molar-refractivity contribution in [3.8, 4) is 0 Å². The molecular formula is C10H18O6. The number of methoxy groups -OCH3 is 1. The number of ether oxygens (including phenoxy) is 4. The highest BCUT2D eigenvalue weighted by Gasteiger charge is 2.59. The molecule has 0 saturated carbocycles. The molecule has 4 atom stereocenters. The zero-order chi connectivity index (χ0) is 12.0. The Balaban J connectivity index is 2.24. The van der Waals surface area contributed by atoms with E-state index in [1.54, 1.807) is 13.8 Å². The third-order valence-corrected chi connectivity index (χ3v) is 2.96. The predicted octanol–water partition coefficient (Wildman–Crippen LogP) is -0.767. The van der Waals surface area contributed by atoms with Crippen LogP contribution in [-0.4, -0.2) is 60.4 Å². The van der Waals surface area contributed by atoms with E-state index in [0.717, 1.165) is 0 Å². The first kappa shape index (κ1) is 12.2. The van der Waals surface area contributed by atoms with Gasteiger partial charge in [0.15, 0.2) is 17.7 Å². The van der Waals surface area contributed by atoms with E-state index in [4.69, 9.17) is 18.9 Å². The van der Waals surface area contributed by atoms with E-state index < -0.39 is 36.5 Å². The van der Waals surface area contributed by atoms with Gasteiger partial charge in [0.2, 0.25) is 0 Å². The highest BCUT2D eigenvalue weighted by atomic mass is 16.8. The zero-order valence-corrected chi connectivity index (χ0v) is 9.67. The molecule has 6 heteroatoms. The Labute approximate surface area is 94.1 Å². The van der Waals surface area contributed by atoms with Crippen LogP contribution in [0.2, 0.25) is 0 Å². The maximum absolute atomic E-state index is 10.3. The molecule has 16 heavy (non-hydrogen) atoms. The largest absolute Gasteiger partial charge is 0.393 e. The minimum absolute atomic E-state index is 0.273. The molecular weight excluding hydrogens is 216 g/mol. The summed E-state index contributed by atoms with van der Waals surface area (Å²) in [7, 11) is 1.41. The molecule has 2 aliphatic rings. The fourth-order valence-electron chi connectivity index (χ4n) is 2.28. The smallest absolute Gasteiger partial charge is 0.191 e. The first-order valence-electron chi connectivity index (χ1n) is 5.26. The van der Waals surface area contributed by atoms with Gasteiger partial charge < -0.3 is 29.2 Å². The second-order valence-electron chi connectivity index (χ2n) is 4.64. The van der Waals surface area contributed by atoms with Gasteiger partial charge >= 0.3 is 0 Å². The number of fused-ring (bicyclic) bond motifs is 1. The number of aliphatic hydroxyl groups is 2. The Hall–Kier alpha value is -0.240. The molecule has 2 rings (SSSR count). The average molecular weight is 234 g/mol. The SMILES string of the molecule is CO[C@@H]1OC[C@H]2OC(C)(C)O[C@H]2[C@]1(O)CO. The average Bonchev–Trinajstić information content (AvgIpc) is 2.54. The van der Waals surface area contributed by atoms with Crippen LogP contribution in [0, 0.1) is 0 Å².